The number of benzene rings is 2. The van der Waals surface area contributed by atoms with E-state index < -0.39 is 17.6 Å². The van der Waals surface area contributed by atoms with Crippen LogP contribution in [-0.4, -0.2) is 20.1 Å². The van der Waals surface area contributed by atoms with E-state index in [9.17, 15) is 18.0 Å². The summed E-state index contributed by atoms with van der Waals surface area (Å²) in [5.41, 5.74) is 5.54. The molecular weight excluding hydrogens is 359 g/mol. The van der Waals surface area contributed by atoms with Gasteiger partial charge in [-0.2, -0.15) is 13.2 Å². The molecule has 0 aliphatic rings. The van der Waals surface area contributed by atoms with E-state index in [0.29, 0.717) is 17.1 Å². The first kappa shape index (κ1) is 20.6. The van der Waals surface area contributed by atoms with Crippen LogP contribution in [0.3, 0.4) is 0 Å². The molecule has 146 valence electrons. The molecule has 2 aromatic rings. The number of amides is 1. The smallest absolute Gasteiger partial charge is 0.416 e. The van der Waals surface area contributed by atoms with E-state index >= 15 is 0 Å². The van der Waals surface area contributed by atoms with Crippen LogP contribution in [0.5, 0.6) is 11.5 Å². The Labute approximate surface area is 156 Å². The van der Waals surface area contributed by atoms with Crippen LogP contribution in [0.25, 0.3) is 11.1 Å². The van der Waals surface area contributed by atoms with E-state index in [2.05, 4.69) is 0 Å². The molecule has 0 fully saturated rings. The highest BCUT2D eigenvalue weighted by Gasteiger charge is 2.37. The van der Waals surface area contributed by atoms with Gasteiger partial charge >= 0.3 is 6.18 Å². The summed E-state index contributed by atoms with van der Waals surface area (Å²) in [4.78, 5) is 12.1. The Kier molecular flexibility index (Phi) is 6.03. The van der Waals surface area contributed by atoms with E-state index in [4.69, 9.17) is 15.2 Å². The number of primary amides is 1. The van der Waals surface area contributed by atoms with Gasteiger partial charge in [-0.3, -0.25) is 4.79 Å². The Balaban J connectivity index is 2.95. The zero-order valence-electron chi connectivity index (χ0n) is 15.7. The molecule has 2 rings (SSSR count). The molecule has 0 aliphatic carbocycles. The van der Waals surface area contributed by atoms with E-state index in [-0.39, 0.29) is 35.1 Å². The Morgan fingerprint density at radius 1 is 1.04 bits per heavy atom. The molecule has 0 aromatic heterocycles. The standard InChI is InChI=1S/C20H22F3NO3/c1-5-11-9-14(19(24)25)17(13(6-2)18(11)20(21,22)23)12-7-8-15(26-3)16(10-12)27-4/h7-10H,5-6H2,1-4H3,(H2,24,25). The normalized spacial score (nSPS) is 11.4. The van der Waals surface area contributed by atoms with Crippen molar-refractivity contribution in [3.8, 4) is 22.6 Å². The lowest BCUT2D eigenvalue weighted by Crippen LogP contribution is -2.19. The zero-order chi connectivity index (χ0) is 20.4. The van der Waals surface area contributed by atoms with Gasteiger partial charge in [-0.15, -0.1) is 0 Å². The first-order chi connectivity index (χ1) is 12.7. The third-order valence-electron chi connectivity index (χ3n) is 4.47. The second kappa shape index (κ2) is 7.90. The fourth-order valence-electron chi connectivity index (χ4n) is 3.30. The van der Waals surface area contributed by atoms with Crippen LogP contribution in [0, 0.1) is 0 Å². The number of methoxy groups -OCH3 is 2. The number of aryl methyl sites for hydroxylation is 1. The van der Waals surface area contributed by atoms with E-state index in [1.54, 1.807) is 32.0 Å². The molecule has 0 atom stereocenters. The Hall–Kier alpha value is -2.70. The summed E-state index contributed by atoms with van der Waals surface area (Å²) in [5, 5.41) is 0. The van der Waals surface area contributed by atoms with Crippen molar-refractivity contribution in [2.45, 2.75) is 32.9 Å². The van der Waals surface area contributed by atoms with Crippen molar-refractivity contribution >= 4 is 5.91 Å². The van der Waals surface area contributed by atoms with Crippen molar-refractivity contribution in [3.05, 3.63) is 46.5 Å². The lowest BCUT2D eigenvalue weighted by atomic mass is 9.85. The highest BCUT2D eigenvalue weighted by molar-refractivity contribution is 6.01. The monoisotopic (exact) mass is 381 g/mol. The molecule has 0 saturated carbocycles. The summed E-state index contributed by atoms with van der Waals surface area (Å²) in [5.74, 6) is -0.000318. The predicted octanol–water partition coefficient (Wildman–Crippen LogP) is 4.61. The van der Waals surface area contributed by atoms with E-state index in [0.717, 1.165) is 0 Å². The first-order valence-electron chi connectivity index (χ1n) is 8.47. The summed E-state index contributed by atoms with van der Waals surface area (Å²) < 4.78 is 51.9. The topological polar surface area (TPSA) is 61.6 Å². The predicted molar refractivity (Wildman–Crippen MR) is 97.3 cm³/mol. The molecule has 1 amide bonds. The maximum absolute atomic E-state index is 13.8. The van der Waals surface area contributed by atoms with Gasteiger partial charge in [-0.05, 0) is 53.3 Å². The van der Waals surface area contributed by atoms with Gasteiger partial charge in [0.1, 0.15) is 0 Å². The third-order valence-corrected chi connectivity index (χ3v) is 4.47. The minimum Gasteiger partial charge on any atom is -0.493 e. The van der Waals surface area contributed by atoms with Crippen LogP contribution in [0.4, 0.5) is 13.2 Å². The zero-order valence-corrected chi connectivity index (χ0v) is 15.7. The Morgan fingerprint density at radius 2 is 1.67 bits per heavy atom. The molecule has 0 bridgehead atoms. The highest BCUT2D eigenvalue weighted by Crippen LogP contribution is 2.43. The Bertz CT molecular complexity index is 861. The molecule has 7 heteroatoms. The minimum absolute atomic E-state index is 0.0443. The number of halogens is 3. The van der Waals surface area contributed by atoms with Crippen LogP contribution in [-0.2, 0) is 19.0 Å². The average molecular weight is 381 g/mol. The van der Waals surface area contributed by atoms with Gasteiger partial charge in [-0.25, -0.2) is 0 Å². The number of hydrogen-bond donors (Lipinski definition) is 1. The molecule has 0 spiro atoms. The fraction of sp³-hybridized carbons (Fsp3) is 0.350. The maximum Gasteiger partial charge on any atom is 0.416 e. The van der Waals surface area contributed by atoms with Gasteiger partial charge in [0.25, 0.3) is 0 Å². The molecule has 2 aromatic carbocycles. The quantitative estimate of drug-likeness (QED) is 0.795. The van der Waals surface area contributed by atoms with Gasteiger partial charge in [0, 0.05) is 5.56 Å². The van der Waals surface area contributed by atoms with Crippen LogP contribution >= 0.6 is 0 Å². The summed E-state index contributed by atoms with van der Waals surface area (Å²) in [7, 11) is 2.89. The second-order valence-electron chi connectivity index (χ2n) is 5.95. The molecule has 0 saturated heterocycles. The van der Waals surface area contributed by atoms with Crippen LogP contribution in [0.15, 0.2) is 24.3 Å². The summed E-state index contributed by atoms with van der Waals surface area (Å²) in [6, 6.07) is 5.97. The van der Waals surface area contributed by atoms with Crippen molar-refractivity contribution in [1.29, 1.82) is 0 Å². The van der Waals surface area contributed by atoms with Crippen LogP contribution in [0.2, 0.25) is 0 Å². The van der Waals surface area contributed by atoms with Crippen molar-refractivity contribution < 1.29 is 27.4 Å². The molecule has 0 aliphatic heterocycles. The lowest BCUT2D eigenvalue weighted by molar-refractivity contribution is -0.138. The Morgan fingerprint density at radius 3 is 2.11 bits per heavy atom. The van der Waals surface area contributed by atoms with Crippen molar-refractivity contribution in [1.82, 2.24) is 0 Å². The van der Waals surface area contributed by atoms with Gasteiger partial charge in [-0.1, -0.05) is 19.9 Å². The number of rotatable bonds is 6. The number of ether oxygens (including phenoxy) is 2. The molecule has 0 unspecified atom stereocenters. The van der Waals surface area contributed by atoms with Gasteiger partial charge in [0.15, 0.2) is 11.5 Å². The summed E-state index contributed by atoms with van der Waals surface area (Å²) in [6.45, 7) is 3.24. The van der Waals surface area contributed by atoms with Crippen molar-refractivity contribution in [2.75, 3.05) is 14.2 Å². The molecule has 27 heavy (non-hydrogen) atoms. The SMILES string of the molecule is CCc1cc(C(N)=O)c(-c2ccc(OC)c(OC)c2)c(CC)c1C(F)(F)F. The average Bonchev–Trinajstić information content (AvgIpc) is 2.64. The third kappa shape index (κ3) is 3.86. The molecule has 4 nitrogen and oxygen atoms in total. The summed E-state index contributed by atoms with van der Waals surface area (Å²) >= 11 is 0. The van der Waals surface area contributed by atoms with E-state index in [1.807, 2.05) is 0 Å². The van der Waals surface area contributed by atoms with Crippen molar-refractivity contribution in [2.24, 2.45) is 5.73 Å². The molecular formula is C20H22F3NO3. The van der Waals surface area contributed by atoms with Crippen molar-refractivity contribution in [3.63, 3.8) is 0 Å². The maximum atomic E-state index is 13.8. The highest BCUT2D eigenvalue weighted by atomic mass is 19.4. The molecule has 2 N–H and O–H groups in total. The van der Waals surface area contributed by atoms with Gasteiger partial charge in [0.2, 0.25) is 5.91 Å². The fourth-order valence-corrected chi connectivity index (χ4v) is 3.30. The van der Waals surface area contributed by atoms with E-state index in [1.165, 1.54) is 20.3 Å². The van der Waals surface area contributed by atoms with Crippen LogP contribution < -0.4 is 15.2 Å². The number of carbonyl (C=O) groups excluding carboxylic acids is 1. The van der Waals surface area contributed by atoms with Gasteiger partial charge in [0.05, 0.1) is 19.8 Å². The number of carbonyl (C=O) groups is 1. The van der Waals surface area contributed by atoms with Crippen LogP contribution in [0.1, 0.15) is 40.9 Å². The second-order valence-corrected chi connectivity index (χ2v) is 5.95. The lowest BCUT2D eigenvalue weighted by Gasteiger charge is -2.22. The largest absolute Gasteiger partial charge is 0.493 e. The number of alkyl halides is 3. The first-order valence-corrected chi connectivity index (χ1v) is 8.47. The minimum atomic E-state index is -4.54. The number of hydrogen-bond acceptors (Lipinski definition) is 3. The number of nitrogens with two attached hydrogens (primary N) is 1. The molecule has 0 radical (unpaired) electrons. The molecule has 0 heterocycles. The van der Waals surface area contributed by atoms with Gasteiger partial charge < -0.3 is 15.2 Å². The summed E-state index contributed by atoms with van der Waals surface area (Å²) in [6.07, 6.45) is -4.32.